The maximum Gasteiger partial charge on any atom is 0.416 e. The summed E-state index contributed by atoms with van der Waals surface area (Å²) in [7, 11) is 0. The fourth-order valence-electron chi connectivity index (χ4n) is 2.56. The zero-order valence-electron chi connectivity index (χ0n) is 13.9. The molecule has 1 aromatic heterocycles. The van der Waals surface area contributed by atoms with Crippen LogP contribution in [0.3, 0.4) is 0 Å². The first-order valence-corrected chi connectivity index (χ1v) is 8.53. The third-order valence-corrected chi connectivity index (χ3v) is 4.39. The minimum atomic E-state index is -4.49. The summed E-state index contributed by atoms with van der Waals surface area (Å²) in [4.78, 5) is 16.6. The van der Waals surface area contributed by atoms with Crippen molar-refractivity contribution >= 4 is 40.1 Å². The van der Waals surface area contributed by atoms with Crippen molar-refractivity contribution in [1.82, 2.24) is 4.98 Å². The lowest BCUT2D eigenvalue weighted by atomic mass is 10.1. The van der Waals surface area contributed by atoms with Gasteiger partial charge in [0.1, 0.15) is 5.52 Å². The first-order valence-electron chi connectivity index (χ1n) is 7.77. The number of aromatic nitrogens is 1. The quantitative estimate of drug-likeness (QED) is 0.389. The maximum atomic E-state index is 12.8. The molecule has 0 amide bonds. The molecule has 0 aliphatic rings. The number of aryl methyl sites for hydroxylation is 1. The van der Waals surface area contributed by atoms with Crippen LogP contribution < -0.4 is 4.74 Å². The third-order valence-electron chi connectivity index (χ3n) is 3.80. The Morgan fingerprint density at radius 1 is 1.11 bits per heavy atom. The van der Waals surface area contributed by atoms with Gasteiger partial charge in [-0.05, 0) is 36.8 Å². The van der Waals surface area contributed by atoms with Crippen LogP contribution in [0.4, 0.5) is 13.2 Å². The molecule has 0 spiro atoms. The lowest BCUT2D eigenvalue weighted by molar-refractivity contribution is -0.138. The van der Waals surface area contributed by atoms with Crippen molar-refractivity contribution in [3.8, 4) is 5.75 Å². The van der Waals surface area contributed by atoms with Gasteiger partial charge in [0.25, 0.3) is 0 Å². The van der Waals surface area contributed by atoms with E-state index in [1.165, 1.54) is 18.2 Å². The summed E-state index contributed by atoms with van der Waals surface area (Å²) < 4.78 is 43.7. The Morgan fingerprint density at radius 2 is 1.85 bits per heavy atom. The highest BCUT2D eigenvalue weighted by molar-refractivity contribution is 6.39. The van der Waals surface area contributed by atoms with Gasteiger partial charge < -0.3 is 4.74 Å². The van der Waals surface area contributed by atoms with Crippen LogP contribution in [0.5, 0.6) is 5.75 Å². The molecular weight excluding hydrogens is 402 g/mol. The molecule has 3 nitrogen and oxygen atoms in total. The predicted molar refractivity (Wildman–Crippen MR) is 97.3 cm³/mol. The summed E-state index contributed by atoms with van der Waals surface area (Å²) in [5, 5.41) is 0.983. The van der Waals surface area contributed by atoms with Crippen molar-refractivity contribution in [2.24, 2.45) is 0 Å². The van der Waals surface area contributed by atoms with Crippen LogP contribution in [0.2, 0.25) is 10.0 Å². The Bertz CT molecular complexity index is 1040. The molecule has 0 saturated carbocycles. The van der Waals surface area contributed by atoms with Gasteiger partial charge in [-0.15, -0.1) is 0 Å². The first kappa shape index (κ1) is 19.5. The fourth-order valence-corrected chi connectivity index (χ4v) is 3.12. The number of alkyl halides is 3. The molecule has 0 atom stereocenters. The Kier molecular flexibility index (Phi) is 5.31. The normalized spacial score (nSPS) is 11.6. The molecule has 0 fully saturated rings. The van der Waals surface area contributed by atoms with Gasteiger partial charge in [0.15, 0.2) is 5.75 Å². The Morgan fingerprint density at radius 3 is 2.56 bits per heavy atom. The molecule has 0 unspecified atom stereocenters. The van der Waals surface area contributed by atoms with Crippen LogP contribution in [-0.4, -0.2) is 11.0 Å². The highest BCUT2D eigenvalue weighted by Gasteiger charge is 2.30. The fraction of sp³-hybridized carbons (Fsp3) is 0.158. The molecule has 0 aliphatic carbocycles. The van der Waals surface area contributed by atoms with E-state index in [0.717, 1.165) is 12.1 Å². The van der Waals surface area contributed by atoms with Gasteiger partial charge in [0, 0.05) is 11.1 Å². The van der Waals surface area contributed by atoms with Crippen molar-refractivity contribution in [3.05, 3.63) is 69.3 Å². The van der Waals surface area contributed by atoms with Crippen LogP contribution in [0.1, 0.15) is 16.8 Å². The van der Waals surface area contributed by atoms with E-state index in [0.29, 0.717) is 21.6 Å². The van der Waals surface area contributed by atoms with Gasteiger partial charge in [-0.1, -0.05) is 41.4 Å². The monoisotopic (exact) mass is 413 g/mol. The molecule has 3 rings (SSSR count). The van der Waals surface area contributed by atoms with E-state index in [-0.39, 0.29) is 22.8 Å². The number of rotatable bonds is 3. The summed E-state index contributed by atoms with van der Waals surface area (Å²) in [5.74, 6) is -0.736. The number of halogens is 5. The standard InChI is InChI=1S/C19H12Cl2F3NO2/c1-10-5-6-13-14(20)9-15(21)18(17(13)25-10)27-16(26)8-11-3-2-4-12(7-11)19(22,23)24/h2-7,9H,8H2,1H3. The zero-order chi connectivity index (χ0) is 19.8. The number of carbonyl (C=O) groups is 1. The van der Waals surface area contributed by atoms with E-state index in [2.05, 4.69) is 4.98 Å². The molecule has 0 saturated heterocycles. The molecule has 0 bridgehead atoms. The Labute approximate surface area is 162 Å². The number of pyridine rings is 1. The van der Waals surface area contributed by atoms with E-state index in [1.54, 1.807) is 19.1 Å². The second-order valence-corrected chi connectivity index (χ2v) is 6.68. The second-order valence-electron chi connectivity index (χ2n) is 5.87. The Hall–Kier alpha value is -2.31. The number of ether oxygens (including phenoxy) is 1. The molecule has 140 valence electrons. The van der Waals surface area contributed by atoms with Crippen LogP contribution in [0, 0.1) is 6.92 Å². The van der Waals surface area contributed by atoms with E-state index in [4.69, 9.17) is 27.9 Å². The molecule has 8 heteroatoms. The van der Waals surface area contributed by atoms with Crippen molar-refractivity contribution in [2.75, 3.05) is 0 Å². The maximum absolute atomic E-state index is 12.8. The van der Waals surface area contributed by atoms with Crippen LogP contribution in [-0.2, 0) is 17.4 Å². The number of benzene rings is 2. The smallest absolute Gasteiger partial charge is 0.416 e. The zero-order valence-corrected chi connectivity index (χ0v) is 15.4. The average molecular weight is 414 g/mol. The molecular formula is C19H12Cl2F3NO2. The highest BCUT2D eigenvalue weighted by atomic mass is 35.5. The summed E-state index contributed by atoms with van der Waals surface area (Å²) >= 11 is 12.3. The van der Waals surface area contributed by atoms with Gasteiger partial charge in [-0.2, -0.15) is 13.2 Å². The van der Waals surface area contributed by atoms with Crippen molar-refractivity contribution in [2.45, 2.75) is 19.5 Å². The first-order chi connectivity index (χ1) is 12.6. The van der Waals surface area contributed by atoms with Crippen LogP contribution >= 0.6 is 23.2 Å². The van der Waals surface area contributed by atoms with E-state index in [9.17, 15) is 18.0 Å². The average Bonchev–Trinajstić information content (AvgIpc) is 2.58. The molecule has 27 heavy (non-hydrogen) atoms. The number of hydrogen-bond donors (Lipinski definition) is 0. The van der Waals surface area contributed by atoms with E-state index in [1.807, 2.05) is 0 Å². The summed E-state index contributed by atoms with van der Waals surface area (Å²) in [6.45, 7) is 1.75. The number of carbonyl (C=O) groups excluding carboxylic acids is 1. The molecule has 0 N–H and O–H groups in total. The molecule has 0 aliphatic heterocycles. The van der Waals surface area contributed by atoms with Gasteiger partial charge in [-0.3, -0.25) is 4.79 Å². The topological polar surface area (TPSA) is 39.2 Å². The largest absolute Gasteiger partial charge is 0.422 e. The van der Waals surface area contributed by atoms with Crippen molar-refractivity contribution in [3.63, 3.8) is 0 Å². The van der Waals surface area contributed by atoms with E-state index >= 15 is 0 Å². The van der Waals surface area contributed by atoms with Crippen molar-refractivity contribution < 1.29 is 22.7 Å². The predicted octanol–water partition coefficient (Wildman–Crippen LogP) is 6.02. The number of hydrogen-bond acceptors (Lipinski definition) is 3. The molecule has 2 aromatic carbocycles. The molecule has 3 aromatic rings. The van der Waals surface area contributed by atoms with Gasteiger partial charge in [-0.25, -0.2) is 4.98 Å². The Balaban J connectivity index is 1.90. The molecule has 0 radical (unpaired) electrons. The van der Waals surface area contributed by atoms with Crippen LogP contribution in [0.15, 0.2) is 42.5 Å². The lowest BCUT2D eigenvalue weighted by Gasteiger charge is -2.12. The molecule has 1 heterocycles. The SMILES string of the molecule is Cc1ccc2c(Cl)cc(Cl)c(OC(=O)Cc3cccc(C(F)(F)F)c3)c2n1. The lowest BCUT2D eigenvalue weighted by Crippen LogP contribution is -2.13. The summed E-state index contributed by atoms with van der Waals surface area (Å²) in [6, 6.07) is 9.39. The summed E-state index contributed by atoms with van der Waals surface area (Å²) in [6.07, 6.45) is -4.84. The second kappa shape index (κ2) is 7.37. The minimum absolute atomic E-state index is 0.0248. The summed E-state index contributed by atoms with van der Waals surface area (Å²) in [5.41, 5.74) is 0.314. The third kappa shape index (κ3) is 4.34. The van der Waals surface area contributed by atoms with Gasteiger partial charge in [0.05, 0.1) is 22.0 Å². The number of esters is 1. The minimum Gasteiger partial charge on any atom is -0.422 e. The number of fused-ring (bicyclic) bond motifs is 1. The van der Waals surface area contributed by atoms with Gasteiger partial charge in [0.2, 0.25) is 0 Å². The van der Waals surface area contributed by atoms with Crippen molar-refractivity contribution in [1.29, 1.82) is 0 Å². The van der Waals surface area contributed by atoms with E-state index < -0.39 is 17.7 Å². The number of nitrogens with zero attached hydrogens (tertiary/aromatic N) is 1. The highest BCUT2D eigenvalue weighted by Crippen LogP contribution is 2.37. The van der Waals surface area contributed by atoms with Crippen LogP contribution in [0.25, 0.3) is 10.9 Å². The van der Waals surface area contributed by atoms with Gasteiger partial charge >= 0.3 is 12.1 Å².